The lowest BCUT2D eigenvalue weighted by atomic mass is 9.99. The Balaban J connectivity index is 2.41. The molecule has 18 heavy (non-hydrogen) atoms. The first-order chi connectivity index (χ1) is 8.63. The Hall–Kier alpha value is -0.900. The third-order valence-corrected chi connectivity index (χ3v) is 4.06. The van der Waals surface area contributed by atoms with Gasteiger partial charge in [-0.3, -0.25) is 0 Å². The zero-order valence-corrected chi connectivity index (χ0v) is 11.9. The Kier molecular flexibility index (Phi) is 4.38. The fourth-order valence-electron chi connectivity index (χ4n) is 2.00. The van der Waals surface area contributed by atoms with Crippen LogP contribution < -0.4 is 5.32 Å². The standard InChI is InChI=1S/C14H15ClFNS/c1-3-17-14(11-6-7-18-9(11)2)10-4-5-12(15)13(16)8-10/h4-8,14,17H,3H2,1-2H3. The first kappa shape index (κ1) is 13.5. The highest BCUT2D eigenvalue weighted by molar-refractivity contribution is 7.10. The predicted octanol–water partition coefficient (Wildman–Crippen LogP) is 4.55. The highest BCUT2D eigenvalue weighted by Crippen LogP contribution is 2.29. The topological polar surface area (TPSA) is 12.0 Å². The number of hydrogen-bond acceptors (Lipinski definition) is 2. The summed E-state index contributed by atoms with van der Waals surface area (Å²) < 4.78 is 13.6. The van der Waals surface area contributed by atoms with Crippen LogP contribution >= 0.6 is 22.9 Å². The molecule has 4 heteroatoms. The molecule has 0 saturated carbocycles. The van der Waals surface area contributed by atoms with E-state index in [-0.39, 0.29) is 16.9 Å². The maximum atomic E-state index is 13.6. The molecule has 0 saturated heterocycles. The average Bonchev–Trinajstić information content (AvgIpc) is 2.76. The Morgan fingerprint density at radius 2 is 2.17 bits per heavy atom. The van der Waals surface area contributed by atoms with Crippen molar-refractivity contribution in [1.29, 1.82) is 0 Å². The second-order valence-electron chi connectivity index (χ2n) is 4.10. The van der Waals surface area contributed by atoms with Crippen LogP contribution in [0.25, 0.3) is 0 Å². The predicted molar refractivity (Wildman–Crippen MR) is 76.0 cm³/mol. The second kappa shape index (κ2) is 5.83. The molecule has 0 aliphatic carbocycles. The molecule has 1 aromatic carbocycles. The molecule has 1 aromatic heterocycles. The molecule has 1 N–H and O–H groups in total. The van der Waals surface area contributed by atoms with Crippen molar-refractivity contribution in [3.8, 4) is 0 Å². The minimum Gasteiger partial charge on any atom is -0.306 e. The third kappa shape index (κ3) is 2.74. The van der Waals surface area contributed by atoms with Gasteiger partial charge in [0.2, 0.25) is 0 Å². The molecule has 1 unspecified atom stereocenters. The summed E-state index contributed by atoms with van der Waals surface area (Å²) in [7, 11) is 0. The van der Waals surface area contributed by atoms with Crippen molar-refractivity contribution in [3.63, 3.8) is 0 Å². The molecule has 0 bridgehead atoms. The Bertz CT molecular complexity index is 538. The molecule has 0 aliphatic heterocycles. The fourth-order valence-corrected chi connectivity index (χ4v) is 2.86. The van der Waals surface area contributed by atoms with E-state index < -0.39 is 0 Å². The van der Waals surface area contributed by atoms with Crippen LogP contribution in [0.4, 0.5) is 4.39 Å². The Morgan fingerprint density at radius 1 is 1.39 bits per heavy atom. The molecule has 1 atom stereocenters. The first-order valence-corrected chi connectivity index (χ1v) is 7.11. The summed E-state index contributed by atoms with van der Waals surface area (Å²) >= 11 is 7.43. The quantitative estimate of drug-likeness (QED) is 0.868. The van der Waals surface area contributed by atoms with Crippen molar-refractivity contribution >= 4 is 22.9 Å². The SMILES string of the molecule is CCNC(c1ccc(Cl)c(F)c1)c1ccsc1C. The highest BCUT2D eigenvalue weighted by Gasteiger charge is 2.17. The smallest absolute Gasteiger partial charge is 0.142 e. The van der Waals surface area contributed by atoms with E-state index >= 15 is 0 Å². The van der Waals surface area contributed by atoms with Crippen LogP contribution in [0.3, 0.4) is 0 Å². The first-order valence-electron chi connectivity index (χ1n) is 5.85. The van der Waals surface area contributed by atoms with Crippen molar-refractivity contribution in [3.05, 3.63) is 56.5 Å². The van der Waals surface area contributed by atoms with Gasteiger partial charge in [0, 0.05) is 4.88 Å². The van der Waals surface area contributed by atoms with Gasteiger partial charge in [-0.2, -0.15) is 0 Å². The van der Waals surface area contributed by atoms with Crippen molar-refractivity contribution in [2.24, 2.45) is 0 Å². The van der Waals surface area contributed by atoms with E-state index in [9.17, 15) is 4.39 Å². The van der Waals surface area contributed by atoms with Gasteiger partial charge in [0.05, 0.1) is 11.1 Å². The van der Waals surface area contributed by atoms with Gasteiger partial charge < -0.3 is 5.32 Å². The van der Waals surface area contributed by atoms with Crippen LogP contribution in [0.2, 0.25) is 5.02 Å². The zero-order chi connectivity index (χ0) is 13.1. The molecule has 0 aliphatic rings. The van der Waals surface area contributed by atoms with Gasteiger partial charge in [-0.25, -0.2) is 4.39 Å². The van der Waals surface area contributed by atoms with Gasteiger partial charge in [0.15, 0.2) is 0 Å². The normalized spacial score (nSPS) is 12.7. The lowest BCUT2D eigenvalue weighted by molar-refractivity contribution is 0.603. The van der Waals surface area contributed by atoms with Crippen LogP contribution in [0, 0.1) is 12.7 Å². The van der Waals surface area contributed by atoms with Crippen LogP contribution in [-0.2, 0) is 0 Å². The summed E-state index contributed by atoms with van der Waals surface area (Å²) in [5.41, 5.74) is 2.10. The van der Waals surface area contributed by atoms with E-state index in [0.717, 1.165) is 12.1 Å². The van der Waals surface area contributed by atoms with Gasteiger partial charge in [0.1, 0.15) is 5.82 Å². The van der Waals surface area contributed by atoms with E-state index in [0.29, 0.717) is 0 Å². The molecule has 0 fully saturated rings. The summed E-state index contributed by atoms with van der Waals surface area (Å²) in [6, 6.07) is 7.09. The summed E-state index contributed by atoms with van der Waals surface area (Å²) in [6.45, 7) is 4.95. The molecule has 0 spiro atoms. The molecule has 0 amide bonds. The van der Waals surface area contributed by atoms with Gasteiger partial charge in [-0.05, 0) is 48.2 Å². The van der Waals surface area contributed by atoms with Crippen LogP contribution in [-0.4, -0.2) is 6.54 Å². The molecular weight excluding hydrogens is 269 g/mol. The van der Waals surface area contributed by atoms with Crippen LogP contribution in [0.15, 0.2) is 29.6 Å². The third-order valence-electron chi connectivity index (χ3n) is 2.90. The maximum Gasteiger partial charge on any atom is 0.142 e. The van der Waals surface area contributed by atoms with E-state index in [2.05, 4.69) is 23.7 Å². The number of nitrogens with one attached hydrogen (secondary N) is 1. The minimum atomic E-state index is -0.370. The largest absolute Gasteiger partial charge is 0.306 e. The zero-order valence-electron chi connectivity index (χ0n) is 10.3. The Labute approximate surface area is 116 Å². The number of aryl methyl sites for hydroxylation is 1. The van der Waals surface area contributed by atoms with Gasteiger partial charge >= 0.3 is 0 Å². The van der Waals surface area contributed by atoms with Gasteiger partial charge in [-0.1, -0.05) is 24.6 Å². The molecule has 0 radical (unpaired) electrons. The van der Waals surface area contributed by atoms with Crippen molar-refractivity contribution in [2.75, 3.05) is 6.54 Å². The average molecular weight is 284 g/mol. The lowest BCUT2D eigenvalue weighted by Gasteiger charge is -2.19. The fraction of sp³-hybridized carbons (Fsp3) is 0.286. The monoisotopic (exact) mass is 283 g/mol. The number of hydrogen-bond donors (Lipinski definition) is 1. The lowest BCUT2D eigenvalue weighted by Crippen LogP contribution is -2.22. The van der Waals surface area contributed by atoms with Crippen molar-refractivity contribution < 1.29 is 4.39 Å². The molecule has 1 nitrogen and oxygen atoms in total. The van der Waals surface area contributed by atoms with Crippen molar-refractivity contribution in [2.45, 2.75) is 19.9 Å². The maximum absolute atomic E-state index is 13.6. The van der Waals surface area contributed by atoms with E-state index in [1.165, 1.54) is 16.5 Å². The molecular formula is C14H15ClFNS. The molecule has 1 heterocycles. The summed E-state index contributed by atoms with van der Waals surface area (Å²) in [5, 5.41) is 5.61. The second-order valence-corrected chi connectivity index (χ2v) is 5.62. The van der Waals surface area contributed by atoms with E-state index in [4.69, 9.17) is 11.6 Å². The molecule has 96 valence electrons. The number of rotatable bonds is 4. The van der Waals surface area contributed by atoms with Crippen LogP contribution in [0.5, 0.6) is 0 Å². The van der Waals surface area contributed by atoms with E-state index in [1.54, 1.807) is 17.4 Å². The van der Waals surface area contributed by atoms with Gasteiger partial charge in [0.25, 0.3) is 0 Å². The van der Waals surface area contributed by atoms with Crippen molar-refractivity contribution in [1.82, 2.24) is 5.32 Å². The van der Waals surface area contributed by atoms with E-state index in [1.807, 2.05) is 13.0 Å². The summed E-state index contributed by atoms with van der Waals surface area (Å²) in [4.78, 5) is 1.25. The minimum absolute atomic E-state index is 0.0213. The number of thiophene rings is 1. The number of halogens is 2. The highest BCUT2D eigenvalue weighted by atomic mass is 35.5. The summed E-state index contributed by atoms with van der Waals surface area (Å²) in [5.74, 6) is -0.370. The number of benzene rings is 1. The van der Waals surface area contributed by atoms with Gasteiger partial charge in [-0.15, -0.1) is 11.3 Å². The molecule has 2 aromatic rings. The Morgan fingerprint density at radius 3 is 2.72 bits per heavy atom. The van der Waals surface area contributed by atoms with Crippen LogP contribution in [0.1, 0.15) is 29.0 Å². The molecule has 2 rings (SSSR count). The summed E-state index contributed by atoms with van der Waals surface area (Å²) in [6.07, 6.45) is 0.